The van der Waals surface area contributed by atoms with Crippen LogP contribution >= 0.6 is 15.9 Å². The molecule has 0 bridgehead atoms. The van der Waals surface area contributed by atoms with Crippen LogP contribution in [0.1, 0.15) is 6.92 Å². The molecule has 0 amide bonds. The van der Waals surface area contributed by atoms with Crippen LogP contribution in [0.3, 0.4) is 0 Å². The molecule has 128 valence electrons. The van der Waals surface area contributed by atoms with Crippen LogP contribution in [0.4, 0.5) is 0 Å². The minimum atomic E-state index is -0.179. The topological polar surface area (TPSA) is 64.2 Å². The average molecular weight is 401 g/mol. The number of aromatic nitrogens is 2. The molecule has 5 nitrogen and oxygen atoms in total. The van der Waals surface area contributed by atoms with Crippen LogP contribution in [0.25, 0.3) is 22.3 Å². The van der Waals surface area contributed by atoms with Crippen LogP contribution < -0.4 is 15.0 Å². The molecule has 6 heteroatoms. The molecular weight excluding hydrogens is 384 g/mol. The van der Waals surface area contributed by atoms with Crippen molar-refractivity contribution in [1.82, 2.24) is 9.97 Å². The zero-order valence-corrected chi connectivity index (χ0v) is 15.3. The highest BCUT2D eigenvalue weighted by atomic mass is 79.9. The molecule has 0 radical (unpaired) electrons. The van der Waals surface area contributed by atoms with Crippen LogP contribution in [0.15, 0.2) is 58.3 Å². The fraction of sp³-hybridized carbons (Fsp3) is 0.158. The number of nitrogens with one attached hydrogen (secondary N) is 1. The molecule has 0 aliphatic rings. The molecule has 0 aliphatic carbocycles. The maximum absolute atomic E-state index is 12.3. The Bertz CT molecular complexity index is 982. The van der Waals surface area contributed by atoms with E-state index in [1.807, 2.05) is 31.2 Å². The van der Waals surface area contributed by atoms with E-state index in [1.54, 1.807) is 18.2 Å². The molecule has 25 heavy (non-hydrogen) atoms. The lowest BCUT2D eigenvalue weighted by Gasteiger charge is -2.14. The summed E-state index contributed by atoms with van der Waals surface area (Å²) in [4.78, 5) is 19.7. The normalized spacial score (nSPS) is 10.6. The molecule has 1 aromatic heterocycles. The summed E-state index contributed by atoms with van der Waals surface area (Å²) in [7, 11) is 0. The number of nitrogens with zero attached hydrogens (tertiary/aromatic N) is 1. The largest absolute Gasteiger partial charge is 0.490 e. The first-order valence-electron chi connectivity index (χ1n) is 7.83. The molecule has 2 aromatic carbocycles. The second kappa shape index (κ2) is 7.53. The highest BCUT2D eigenvalue weighted by Gasteiger charge is 2.15. The Labute approximate surface area is 153 Å². The van der Waals surface area contributed by atoms with Crippen molar-refractivity contribution in [3.05, 3.63) is 63.9 Å². The molecule has 0 unspecified atom stereocenters. The molecule has 0 fully saturated rings. The van der Waals surface area contributed by atoms with Crippen LogP contribution in [-0.2, 0) is 0 Å². The Morgan fingerprint density at radius 3 is 2.84 bits per heavy atom. The number of fused-ring (bicyclic) bond motifs is 1. The van der Waals surface area contributed by atoms with Crippen LogP contribution in [0, 0.1) is 0 Å². The van der Waals surface area contributed by atoms with Crippen LogP contribution in [0.5, 0.6) is 11.5 Å². The molecule has 1 N–H and O–H groups in total. The Morgan fingerprint density at radius 1 is 1.28 bits per heavy atom. The van der Waals surface area contributed by atoms with Gasteiger partial charge in [-0.1, -0.05) is 24.8 Å². The fourth-order valence-electron chi connectivity index (χ4n) is 2.47. The number of halogens is 1. The number of hydrogen-bond acceptors (Lipinski definition) is 4. The van der Waals surface area contributed by atoms with Gasteiger partial charge in [-0.15, -0.1) is 0 Å². The second-order valence-corrected chi connectivity index (χ2v) is 6.10. The molecule has 0 atom stereocenters. The molecular formula is C19H17BrN2O3. The van der Waals surface area contributed by atoms with Gasteiger partial charge in [0.25, 0.3) is 5.56 Å². The standard InChI is InChI=1S/C19H17BrN2O3/c1-3-9-25-17-14(20)10-12(11-16(17)24-4-2)18-21-15-8-6-5-7-13(15)19(23)22-18/h3,5-8,10-11H,1,4,9H2,2H3,(H,21,22,23). The lowest BCUT2D eigenvalue weighted by atomic mass is 10.1. The summed E-state index contributed by atoms with van der Waals surface area (Å²) in [5, 5.41) is 0.557. The van der Waals surface area contributed by atoms with E-state index in [0.717, 1.165) is 5.56 Å². The molecule has 0 spiro atoms. The number of rotatable bonds is 6. The van der Waals surface area contributed by atoms with E-state index in [2.05, 4.69) is 32.5 Å². The van der Waals surface area contributed by atoms with Gasteiger partial charge in [-0.05, 0) is 47.1 Å². The van der Waals surface area contributed by atoms with Crippen LogP contribution in [-0.4, -0.2) is 23.2 Å². The van der Waals surface area contributed by atoms with Gasteiger partial charge in [-0.2, -0.15) is 0 Å². The monoisotopic (exact) mass is 400 g/mol. The number of aromatic amines is 1. The van der Waals surface area contributed by atoms with Crippen molar-refractivity contribution in [2.45, 2.75) is 6.92 Å². The van der Waals surface area contributed by atoms with E-state index < -0.39 is 0 Å². The summed E-state index contributed by atoms with van der Waals surface area (Å²) in [5.74, 6) is 1.64. The summed E-state index contributed by atoms with van der Waals surface area (Å²) in [6, 6.07) is 10.9. The minimum absolute atomic E-state index is 0.179. The average Bonchev–Trinajstić information content (AvgIpc) is 2.61. The Hall–Kier alpha value is -2.60. The van der Waals surface area contributed by atoms with Crippen LogP contribution in [0.2, 0.25) is 0 Å². The lowest BCUT2D eigenvalue weighted by Crippen LogP contribution is -2.09. The van der Waals surface area contributed by atoms with E-state index in [0.29, 0.717) is 45.9 Å². The predicted molar refractivity (Wildman–Crippen MR) is 102 cm³/mol. The number of hydrogen-bond donors (Lipinski definition) is 1. The quantitative estimate of drug-likeness (QED) is 0.625. The third-order valence-corrected chi connectivity index (χ3v) is 4.13. The van der Waals surface area contributed by atoms with Gasteiger partial charge in [-0.3, -0.25) is 4.79 Å². The molecule has 0 saturated heterocycles. The zero-order chi connectivity index (χ0) is 17.8. The first-order valence-corrected chi connectivity index (χ1v) is 8.62. The van der Waals surface area contributed by atoms with E-state index in [9.17, 15) is 4.79 Å². The SMILES string of the molecule is C=CCOc1c(Br)cc(-c2nc3ccccc3c(=O)[nH]2)cc1OCC. The van der Waals surface area contributed by atoms with E-state index in [-0.39, 0.29) is 5.56 Å². The van der Waals surface area contributed by atoms with Gasteiger partial charge in [0.1, 0.15) is 12.4 Å². The van der Waals surface area contributed by atoms with Gasteiger partial charge in [-0.25, -0.2) is 4.98 Å². The summed E-state index contributed by atoms with van der Waals surface area (Å²) >= 11 is 3.50. The molecule has 1 heterocycles. The predicted octanol–water partition coefficient (Wildman–Crippen LogP) is 4.32. The van der Waals surface area contributed by atoms with Gasteiger partial charge in [0, 0.05) is 5.56 Å². The van der Waals surface area contributed by atoms with E-state index in [4.69, 9.17) is 9.47 Å². The smallest absolute Gasteiger partial charge is 0.259 e. The van der Waals surface area contributed by atoms with Gasteiger partial charge >= 0.3 is 0 Å². The van der Waals surface area contributed by atoms with Crippen molar-refractivity contribution in [3.63, 3.8) is 0 Å². The zero-order valence-electron chi connectivity index (χ0n) is 13.7. The second-order valence-electron chi connectivity index (χ2n) is 5.25. The first-order chi connectivity index (χ1) is 12.1. The Morgan fingerprint density at radius 2 is 2.08 bits per heavy atom. The summed E-state index contributed by atoms with van der Waals surface area (Å²) in [6.45, 7) is 6.40. The Kier molecular flexibility index (Phi) is 5.19. The highest BCUT2D eigenvalue weighted by Crippen LogP contribution is 2.39. The van der Waals surface area contributed by atoms with Crippen molar-refractivity contribution in [3.8, 4) is 22.9 Å². The molecule has 3 rings (SSSR count). The fourth-order valence-corrected chi connectivity index (χ4v) is 3.03. The minimum Gasteiger partial charge on any atom is -0.490 e. The van der Waals surface area contributed by atoms with Crippen molar-refractivity contribution in [1.29, 1.82) is 0 Å². The van der Waals surface area contributed by atoms with E-state index >= 15 is 0 Å². The lowest BCUT2D eigenvalue weighted by molar-refractivity contribution is 0.295. The maximum Gasteiger partial charge on any atom is 0.259 e. The third-order valence-electron chi connectivity index (χ3n) is 3.54. The van der Waals surface area contributed by atoms with E-state index in [1.165, 1.54) is 0 Å². The van der Waals surface area contributed by atoms with Gasteiger partial charge < -0.3 is 14.5 Å². The number of ether oxygens (including phenoxy) is 2. The number of H-pyrrole nitrogens is 1. The van der Waals surface area contributed by atoms with Crippen molar-refractivity contribution >= 4 is 26.8 Å². The summed E-state index contributed by atoms with van der Waals surface area (Å²) in [6.07, 6.45) is 1.67. The third kappa shape index (κ3) is 3.58. The number of para-hydroxylation sites is 1. The summed E-state index contributed by atoms with van der Waals surface area (Å²) < 4.78 is 12.1. The number of benzene rings is 2. The Balaban J connectivity index is 2.14. The molecule has 0 aliphatic heterocycles. The highest BCUT2D eigenvalue weighted by molar-refractivity contribution is 9.10. The van der Waals surface area contributed by atoms with Gasteiger partial charge in [0.15, 0.2) is 11.5 Å². The van der Waals surface area contributed by atoms with Crippen molar-refractivity contribution in [2.75, 3.05) is 13.2 Å². The summed E-state index contributed by atoms with van der Waals surface area (Å²) in [5.41, 5.74) is 1.19. The van der Waals surface area contributed by atoms with Crippen molar-refractivity contribution in [2.24, 2.45) is 0 Å². The van der Waals surface area contributed by atoms with Gasteiger partial charge in [0.05, 0.1) is 22.0 Å². The molecule has 0 saturated carbocycles. The van der Waals surface area contributed by atoms with Gasteiger partial charge in [0.2, 0.25) is 0 Å². The molecule has 3 aromatic rings. The maximum atomic E-state index is 12.3. The first kappa shape index (κ1) is 17.2. The van der Waals surface area contributed by atoms with Crippen molar-refractivity contribution < 1.29 is 9.47 Å².